The van der Waals surface area contributed by atoms with Crippen molar-refractivity contribution in [1.29, 1.82) is 0 Å². The van der Waals surface area contributed by atoms with Gasteiger partial charge in [0, 0.05) is 33.9 Å². The fourth-order valence-corrected chi connectivity index (χ4v) is 0.919. The van der Waals surface area contributed by atoms with Crippen molar-refractivity contribution in [3.8, 4) is 0 Å². The Morgan fingerprint density at radius 3 is 1.40 bits per heavy atom. The molecule has 0 aromatic carbocycles. The van der Waals surface area contributed by atoms with E-state index in [4.69, 9.17) is 9.47 Å². The van der Waals surface area contributed by atoms with Gasteiger partial charge in [0.15, 0.2) is 0 Å². The van der Waals surface area contributed by atoms with Crippen LogP contribution in [-0.4, -0.2) is 51.2 Å². The van der Waals surface area contributed by atoms with Crippen LogP contribution in [0.15, 0.2) is 17.5 Å². The van der Waals surface area contributed by atoms with Gasteiger partial charge in [0.2, 0.25) is 11.8 Å². The summed E-state index contributed by atoms with van der Waals surface area (Å²) in [5.74, 6) is 1.35. The van der Waals surface area contributed by atoms with E-state index >= 15 is 0 Å². The third-order valence-electron chi connectivity index (χ3n) is 1.59. The van der Waals surface area contributed by atoms with Gasteiger partial charge in [-0.1, -0.05) is 0 Å². The van der Waals surface area contributed by atoms with Crippen LogP contribution in [0.1, 0.15) is 13.8 Å². The van der Waals surface area contributed by atoms with Crippen molar-refractivity contribution in [2.24, 2.45) is 0 Å². The summed E-state index contributed by atoms with van der Waals surface area (Å²) >= 11 is 0. The fourth-order valence-electron chi connectivity index (χ4n) is 0.919. The summed E-state index contributed by atoms with van der Waals surface area (Å²) in [5, 5.41) is 0. The molecule has 0 unspecified atom stereocenters. The summed E-state index contributed by atoms with van der Waals surface area (Å²) < 4.78 is 10.9. The van der Waals surface area contributed by atoms with Crippen molar-refractivity contribution >= 4 is 0 Å². The molecule has 0 aromatic heterocycles. The number of hydrogen-bond donors (Lipinski definition) is 0. The van der Waals surface area contributed by atoms with Crippen LogP contribution in [0.2, 0.25) is 0 Å². The Labute approximate surface area is 92.8 Å². The van der Waals surface area contributed by atoms with Gasteiger partial charge in [-0.15, -0.1) is 0 Å². The van der Waals surface area contributed by atoms with Crippen molar-refractivity contribution < 1.29 is 9.47 Å². The molecule has 0 fully saturated rings. The molecule has 4 nitrogen and oxygen atoms in total. The SMILES string of the molecule is CCOC(=C=C(OCC)N(C)C)N(C)C. The Morgan fingerprint density at radius 2 is 1.20 bits per heavy atom. The van der Waals surface area contributed by atoms with Crippen LogP contribution in [0.5, 0.6) is 0 Å². The minimum Gasteiger partial charge on any atom is -0.473 e. The van der Waals surface area contributed by atoms with Crippen LogP contribution in [-0.2, 0) is 9.47 Å². The second-order valence-corrected chi connectivity index (χ2v) is 3.39. The molecule has 0 radical (unpaired) electrons. The molecule has 0 N–H and O–H groups in total. The second kappa shape index (κ2) is 7.07. The standard InChI is InChI=1S/C11H22N2O2/c1-7-14-10(12(3)4)9-11(13(5)6)15-8-2/h7-8H2,1-6H3. The van der Waals surface area contributed by atoms with Crippen LogP contribution < -0.4 is 0 Å². The second-order valence-electron chi connectivity index (χ2n) is 3.39. The summed E-state index contributed by atoms with van der Waals surface area (Å²) in [6.45, 7) is 5.13. The van der Waals surface area contributed by atoms with Gasteiger partial charge >= 0.3 is 0 Å². The molecule has 4 heteroatoms. The van der Waals surface area contributed by atoms with Gasteiger partial charge in [0.1, 0.15) is 0 Å². The van der Waals surface area contributed by atoms with Crippen molar-refractivity contribution in [3.63, 3.8) is 0 Å². The van der Waals surface area contributed by atoms with E-state index in [1.165, 1.54) is 0 Å². The number of nitrogens with zero attached hydrogens (tertiary/aromatic N) is 2. The van der Waals surface area contributed by atoms with Crippen molar-refractivity contribution in [3.05, 3.63) is 17.5 Å². The predicted octanol–water partition coefficient (Wildman–Crippen LogP) is 1.46. The minimum atomic E-state index is 0.618. The first kappa shape index (κ1) is 13.7. The normalized spacial score (nSPS) is 8.93. The first-order valence-corrected chi connectivity index (χ1v) is 5.14. The van der Waals surface area contributed by atoms with Crippen LogP contribution in [0.25, 0.3) is 0 Å². The molecule has 0 rings (SSSR count). The number of hydrogen-bond acceptors (Lipinski definition) is 4. The Kier molecular flexibility index (Phi) is 6.47. The van der Waals surface area contributed by atoms with Gasteiger partial charge in [-0.3, -0.25) is 0 Å². The van der Waals surface area contributed by atoms with E-state index in [0.29, 0.717) is 25.0 Å². The maximum absolute atomic E-state index is 5.43. The third kappa shape index (κ3) is 5.23. The van der Waals surface area contributed by atoms with Crippen LogP contribution in [0, 0.1) is 0 Å². The highest BCUT2D eigenvalue weighted by molar-refractivity contribution is 4.96. The van der Waals surface area contributed by atoms with Crippen LogP contribution in [0.3, 0.4) is 0 Å². The molecule has 15 heavy (non-hydrogen) atoms. The highest BCUT2D eigenvalue weighted by atomic mass is 16.5. The molecule has 88 valence electrons. The Morgan fingerprint density at radius 1 is 0.867 bits per heavy atom. The minimum absolute atomic E-state index is 0.618. The van der Waals surface area contributed by atoms with Gasteiger partial charge < -0.3 is 19.3 Å². The number of ether oxygens (including phenoxy) is 2. The largest absolute Gasteiger partial charge is 0.473 e. The Balaban J connectivity index is 5.02. The topological polar surface area (TPSA) is 24.9 Å². The van der Waals surface area contributed by atoms with E-state index in [9.17, 15) is 0 Å². The molecule has 0 atom stereocenters. The molecule has 0 saturated heterocycles. The highest BCUT2D eigenvalue weighted by Gasteiger charge is 2.03. The van der Waals surface area contributed by atoms with E-state index in [0.717, 1.165) is 0 Å². The van der Waals surface area contributed by atoms with Gasteiger partial charge in [-0.05, 0) is 13.8 Å². The smallest absolute Gasteiger partial charge is 0.240 e. The van der Waals surface area contributed by atoms with Gasteiger partial charge in [0.05, 0.1) is 13.2 Å². The summed E-state index contributed by atoms with van der Waals surface area (Å²) in [4.78, 5) is 3.73. The van der Waals surface area contributed by atoms with E-state index in [-0.39, 0.29) is 0 Å². The lowest BCUT2D eigenvalue weighted by atomic mass is 10.6. The van der Waals surface area contributed by atoms with Gasteiger partial charge in [-0.25, -0.2) is 0 Å². The van der Waals surface area contributed by atoms with Crippen LogP contribution >= 0.6 is 0 Å². The summed E-state index contributed by atoms with van der Waals surface area (Å²) in [7, 11) is 7.66. The van der Waals surface area contributed by atoms with E-state index in [1.807, 2.05) is 51.8 Å². The number of rotatable bonds is 6. The molecule has 0 saturated carbocycles. The molecule has 0 bridgehead atoms. The maximum atomic E-state index is 5.43. The van der Waals surface area contributed by atoms with E-state index in [1.54, 1.807) is 0 Å². The summed E-state index contributed by atoms with van der Waals surface area (Å²) in [6, 6.07) is 0. The molecule has 0 amide bonds. The fraction of sp³-hybridized carbons (Fsp3) is 0.727. The van der Waals surface area contributed by atoms with E-state index < -0.39 is 0 Å². The molecule has 0 aromatic rings. The maximum Gasteiger partial charge on any atom is 0.240 e. The Hall–Kier alpha value is -1.28. The first-order chi connectivity index (χ1) is 7.02. The zero-order valence-corrected chi connectivity index (χ0v) is 10.6. The van der Waals surface area contributed by atoms with Crippen molar-refractivity contribution in [2.75, 3.05) is 41.4 Å². The summed E-state index contributed by atoms with van der Waals surface area (Å²) in [5.41, 5.74) is 3.10. The zero-order valence-electron chi connectivity index (χ0n) is 10.6. The first-order valence-electron chi connectivity index (χ1n) is 5.14. The molecule has 0 spiro atoms. The average Bonchev–Trinajstić information content (AvgIpc) is 2.15. The third-order valence-corrected chi connectivity index (χ3v) is 1.59. The molecule has 0 aliphatic carbocycles. The highest BCUT2D eigenvalue weighted by Crippen LogP contribution is 2.04. The summed E-state index contributed by atoms with van der Waals surface area (Å²) in [6.07, 6.45) is 0. The molecule has 0 heterocycles. The van der Waals surface area contributed by atoms with Gasteiger partial charge in [-0.2, -0.15) is 0 Å². The molecular formula is C11H22N2O2. The molecule has 0 aliphatic heterocycles. The Bertz CT molecular complexity index is 219. The monoisotopic (exact) mass is 214 g/mol. The lowest BCUT2D eigenvalue weighted by Crippen LogP contribution is -2.17. The predicted molar refractivity (Wildman–Crippen MR) is 61.2 cm³/mol. The molecular weight excluding hydrogens is 192 g/mol. The lowest BCUT2D eigenvalue weighted by Gasteiger charge is -2.18. The van der Waals surface area contributed by atoms with Gasteiger partial charge in [0.25, 0.3) is 0 Å². The lowest BCUT2D eigenvalue weighted by molar-refractivity contribution is 0.135. The zero-order chi connectivity index (χ0) is 11.8. The molecule has 0 aliphatic rings. The van der Waals surface area contributed by atoms with E-state index in [2.05, 4.69) is 5.73 Å². The van der Waals surface area contributed by atoms with Crippen LogP contribution in [0.4, 0.5) is 0 Å². The quantitative estimate of drug-likeness (QED) is 0.494. The van der Waals surface area contributed by atoms with Crippen molar-refractivity contribution in [1.82, 2.24) is 9.80 Å². The average molecular weight is 214 g/mol. The van der Waals surface area contributed by atoms with Crippen molar-refractivity contribution in [2.45, 2.75) is 13.8 Å².